The van der Waals surface area contributed by atoms with Crippen LogP contribution in [0.4, 0.5) is 0 Å². The molecule has 2 heterocycles. The van der Waals surface area contributed by atoms with E-state index in [1.165, 1.54) is 5.56 Å². The summed E-state index contributed by atoms with van der Waals surface area (Å²) in [6, 6.07) is 8.70. The zero-order chi connectivity index (χ0) is 12.0. The highest BCUT2D eigenvalue weighted by Gasteiger charge is 2.38. The van der Waals surface area contributed by atoms with Gasteiger partial charge in [-0.2, -0.15) is 0 Å². The summed E-state index contributed by atoms with van der Waals surface area (Å²) in [6.45, 7) is 4.11. The molecule has 90 valence electrons. The predicted octanol–water partition coefficient (Wildman–Crippen LogP) is 1.39. The van der Waals surface area contributed by atoms with E-state index in [9.17, 15) is 4.79 Å². The van der Waals surface area contributed by atoms with Gasteiger partial charge in [-0.25, -0.2) is 0 Å². The van der Waals surface area contributed by atoms with Crippen molar-refractivity contribution < 1.29 is 4.79 Å². The molecule has 0 bridgehead atoms. The van der Waals surface area contributed by atoms with Crippen LogP contribution in [0.25, 0.3) is 0 Å². The van der Waals surface area contributed by atoms with E-state index in [-0.39, 0.29) is 5.91 Å². The van der Waals surface area contributed by atoms with Crippen LogP contribution in [-0.2, 0) is 6.42 Å². The number of hydrogen-bond donors (Lipinski definition) is 0. The van der Waals surface area contributed by atoms with Crippen molar-refractivity contribution in [3.63, 3.8) is 0 Å². The highest BCUT2D eigenvalue weighted by molar-refractivity contribution is 5.97. The van der Waals surface area contributed by atoms with E-state index < -0.39 is 0 Å². The fourth-order valence-corrected chi connectivity index (χ4v) is 3.25. The van der Waals surface area contributed by atoms with Crippen molar-refractivity contribution in [2.75, 3.05) is 20.1 Å². The molecule has 1 saturated heterocycles. The van der Waals surface area contributed by atoms with Gasteiger partial charge in [-0.15, -0.1) is 0 Å². The summed E-state index contributed by atoms with van der Waals surface area (Å²) in [5.74, 6) is 0.220. The van der Waals surface area contributed by atoms with E-state index >= 15 is 0 Å². The molecular weight excluding hydrogens is 212 g/mol. The van der Waals surface area contributed by atoms with Crippen molar-refractivity contribution in [2.24, 2.45) is 0 Å². The fourth-order valence-electron chi connectivity index (χ4n) is 3.25. The molecule has 2 aliphatic heterocycles. The molecule has 0 aromatic heterocycles. The molecule has 1 amide bonds. The minimum atomic E-state index is 0.220. The Hall–Kier alpha value is -1.35. The number of hydrogen-bond acceptors (Lipinski definition) is 2. The second kappa shape index (κ2) is 3.84. The minimum absolute atomic E-state index is 0.220. The largest absolute Gasteiger partial charge is 0.330 e. The summed E-state index contributed by atoms with van der Waals surface area (Å²) < 4.78 is 0. The van der Waals surface area contributed by atoms with E-state index in [2.05, 4.69) is 29.8 Å². The first kappa shape index (κ1) is 10.8. The van der Waals surface area contributed by atoms with Crippen molar-refractivity contribution in [1.29, 1.82) is 0 Å². The van der Waals surface area contributed by atoms with Gasteiger partial charge in [0.1, 0.15) is 0 Å². The van der Waals surface area contributed by atoms with Gasteiger partial charge in [0, 0.05) is 30.7 Å². The van der Waals surface area contributed by atoms with Crippen LogP contribution in [0, 0.1) is 0 Å². The maximum atomic E-state index is 12.5. The van der Waals surface area contributed by atoms with Gasteiger partial charge >= 0.3 is 0 Å². The molecule has 0 spiro atoms. The Morgan fingerprint density at radius 1 is 1.24 bits per heavy atom. The zero-order valence-electron chi connectivity index (χ0n) is 10.4. The average Bonchev–Trinajstić information content (AvgIpc) is 2.28. The van der Waals surface area contributed by atoms with Gasteiger partial charge < -0.3 is 9.80 Å². The van der Waals surface area contributed by atoms with Gasteiger partial charge in [-0.1, -0.05) is 18.2 Å². The fraction of sp³-hybridized carbons (Fsp3) is 0.500. The van der Waals surface area contributed by atoms with E-state index in [1.807, 2.05) is 18.2 Å². The molecule has 2 atom stereocenters. The number of rotatable bonds is 0. The molecule has 1 aromatic carbocycles. The SMILES string of the molecule is C[C@H]1CN(C)C[C@@H]2Cc3ccccc3C(=O)N21. The Bertz CT molecular complexity index is 457. The first-order valence-electron chi connectivity index (χ1n) is 6.26. The first-order valence-corrected chi connectivity index (χ1v) is 6.26. The van der Waals surface area contributed by atoms with Crippen molar-refractivity contribution in [3.05, 3.63) is 35.4 Å². The second-order valence-electron chi connectivity index (χ2n) is 5.30. The van der Waals surface area contributed by atoms with Crippen LogP contribution in [0.5, 0.6) is 0 Å². The molecule has 2 aliphatic rings. The lowest BCUT2D eigenvalue weighted by molar-refractivity contribution is 0.0269. The molecule has 1 aromatic rings. The van der Waals surface area contributed by atoms with E-state index in [0.717, 1.165) is 25.1 Å². The number of likely N-dealkylation sites (N-methyl/N-ethyl adjacent to an activating group) is 1. The van der Waals surface area contributed by atoms with Gasteiger partial charge in [0.05, 0.1) is 0 Å². The summed E-state index contributed by atoms with van der Waals surface area (Å²) in [6.07, 6.45) is 0.997. The molecule has 0 saturated carbocycles. The first-order chi connectivity index (χ1) is 8.16. The summed E-state index contributed by atoms with van der Waals surface area (Å²) >= 11 is 0. The average molecular weight is 230 g/mol. The standard InChI is InChI=1S/C14H18N2O/c1-10-8-15(2)9-12-7-11-5-3-4-6-13(11)14(17)16(10)12/h3-6,10,12H,7-9H2,1-2H3/t10-,12-/m0/s1. The molecule has 3 nitrogen and oxygen atoms in total. The maximum Gasteiger partial charge on any atom is 0.254 e. The third kappa shape index (κ3) is 1.65. The summed E-state index contributed by atoms with van der Waals surface area (Å²) in [7, 11) is 2.14. The quantitative estimate of drug-likeness (QED) is 0.672. The summed E-state index contributed by atoms with van der Waals surface area (Å²) in [5, 5.41) is 0. The van der Waals surface area contributed by atoms with E-state index in [0.29, 0.717) is 12.1 Å². The van der Waals surface area contributed by atoms with Crippen LogP contribution in [-0.4, -0.2) is 47.9 Å². The number of nitrogens with zero attached hydrogens (tertiary/aromatic N) is 2. The number of fused-ring (bicyclic) bond motifs is 2. The van der Waals surface area contributed by atoms with Crippen molar-refractivity contribution >= 4 is 5.91 Å². The predicted molar refractivity (Wildman–Crippen MR) is 67.1 cm³/mol. The monoisotopic (exact) mass is 230 g/mol. The van der Waals surface area contributed by atoms with Crippen LogP contribution in [0.15, 0.2) is 24.3 Å². The molecule has 17 heavy (non-hydrogen) atoms. The molecule has 0 unspecified atom stereocenters. The van der Waals surface area contributed by atoms with Crippen LogP contribution in [0.2, 0.25) is 0 Å². The Labute approximate surface area is 102 Å². The minimum Gasteiger partial charge on any atom is -0.330 e. The third-order valence-electron chi connectivity index (χ3n) is 3.90. The summed E-state index contributed by atoms with van der Waals surface area (Å²) in [4.78, 5) is 16.9. The van der Waals surface area contributed by atoms with Gasteiger partial charge in [0.2, 0.25) is 0 Å². The Kier molecular flexibility index (Phi) is 2.44. The molecule has 0 aliphatic carbocycles. The molecule has 3 rings (SSSR count). The smallest absolute Gasteiger partial charge is 0.254 e. The number of carbonyl (C=O) groups is 1. The van der Waals surface area contributed by atoms with Crippen molar-refractivity contribution in [3.8, 4) is 0 Å². The maximum absolute atomic E-state index is 12.5. The van der Waals surface area contributed by atoms with Crippen LogP contribution in [0.3, 0.4) is 0 Å². The van der Waals surface area contributed by atoms with Gasteiger partial charge in [-0.05, 0) is 32.0 Å². The molecular formula is C14H18N2O. The van der Waals surface area contributed by atoms with Crippen LogP contribution < -0.4 is 0 Å². The van der Waals surface area contributed by atoms with Crippen molar-refractivity contribution in [2.45, 2.75) is 25.4 Å². The zero-order valence-corrected chi connectivity index (χ0v) is 10.4. The van der Waals surface area contributed by atoms with E-state index in [4.69, 9.17) is 0 Å². The summed E-state index contributed by atoms with van der Waals surface area (Å²) in [5.41, 5.74) is 2.11. The Balaban J connectivity index is 2.01. The highest BCUT2D eigenvalue weighted by Crippen LogP contribution is 2.28. The molecule has 0 N–H and O–H groups in total. The number of amides is 1. The van der Waals surface area contributed by atoms with Crippen LogP contribution in [0.1, 0.15) is 22.8 Å². The van der Waals surface area contributed by atoms with Gasteiger partial charge in [0.15, 0.2) is 0 Å². The van der Waals surface area contributed by atoms with E-state index in [1.54, 1.807) is 0 Å². The third-order valence-corrected chi connectivity index (χ3v) is 3.90. The van der Waals surface area contributed by atoms with Gasteiger partial charge in [-0.3, -0.25) is 4.79 Å². The lowest BCUT2D eigenvalue weighted by Crippen LogP contribution is -2.61. The number of carbonyl (C=O) groups excluding carboxylic acids is 1. The topological polar surface area (TPSA) is 23.6 Å². The molecule has 3 heteroatoms. The number of piperazine rings is 1. The van der Waals surface area contributed by atoms with Gasteiger partial charge in [0.25, 0.3) is 5.91 Å². The highest BCUT2D eigenvalue weighted by atomic mass is 16.2. The lowest BCUT2D eigenvalue weighted by Gasteiger charge is -2.47. The lowest BCUT2D eigenvalue weighted by atomic mass is 9.90. The molecule has 0 radical (unpaired) electrons. The van der Waals surface area contributed by atoms with Crippen molar-refractivity contribution in [1.82, 2.24) is 9.80 Å². The second-order valence-corrected chi connectivity index (χ2v) is 5.30. The molecule has 1 fully saturated rings. The van der Waals surface area contributed by atoms with Crippen LogP contribution >= 0.6 is 0 Å². The Morgan fingerprint density at radius 3 is 2.82 bits per heavy atom. The number of benzene rings is 1. The normalized spacial score (nSPS) is 28.8. The Morgan fingerprint density at radius 2 is 2.00 bits per heavy atom.